The van der Waals surface area contributed by atoms with Crippen LogP contribution in [0, 0.1) is 11.6 Å². The lowest BCUT2D eigenvalue weighted by atomic mass is 10.1. The van der Waals surface area contributed by atoms with E-state index >= 15 is 0 Å². The highest BCUT2D eigenvalue weighted by molar-refractivity contribution is 7.10. The molecule has 0 radical (unpaired) electrons. The van der Waals surface area contributed by atoms with Crippen molar-refractivity contribution in [3.05, 3.63) is 139 Å². The molecule has 4 atom stereocenters. The number of ether oxygens (including phenoxy) is 2. The van der Waals surface area contributed by atoms with Crippen molar-refractivity contribution in [2.45, 2.75) is 89.8 Å². The Hall–Kier alpha value is -6.40. The van der Waals surface area contributed by atoms with E-state index in [1.54, 1.807) is 52.3 Å². The van der Waals surface area contributed by atoms with E-state index in [4.69, 9.17) is 9.47 Å². The zero-order valence-electron chi connectivity index (χ0n) is 35.8. The molecule has 64 heavy (non-hydrogen) atoms. The van der Waals surface area contributed by atoms with Gasteiger partial charge in [0, 0.05) is 58.2 Å². The van der Waals surface area contributed by atoms with E-state index in [1.807, 2.05) is 0 Å². The predicted molar refractivity (Wildman–Crippen MR) is 233 cm³/mol. The molecule has 5 aromatic rings. The normalized spacial score (nSPS) is 18.7. The summed E-state index contributed by atoms with van der Waals surface area (Å²) >= 11 is 2.38. The van der Waals surface area contributed by atoms with Crippen molar-refractivity contribution in [3.63, 3.8) is 0 Å². The first-order valence-electron chi connectivity index (χ1n) is 20.4. The second-order valence-electron chi connectivity index (χ2n) is 17.5. The van der Waals surface area contributed by atoms with Crippen molar-refractivity contribution in [2.75, 3.05) is 13.1 Å². The SMILES string of the molecule is CC(C)(C)OC(=O)N1C[C@@H](NC(=O)c2ccc(C(=O)N[C@H]3C[C@@H](c4nc(C(=O)c5ccc(F)cc5)cs4)N(C(=O)OC(C)(C)C)C3)cc2)C[C@H]1c1nc(C(=O)c2ccc(F)cc2)cs1. The zero-order chi connectivity index (χ0) is 46.1. The fourth-order valence-electron chi connectivity index (χ4n) is 7.29. The topological polar surface area (TPSA) is 177 Å². The van der Waals surface area contributed by atoms with Crippen LogP contribution in [0.2, 0.25) is 0 Å². The monoisotopic (exact) mass is 912 g/mol. The van der Waals surface area contributed by atoms with Crippen molar-refractivity contribution in [2.24, 2.45) is 0 Å². The van der Waals surface area contributed by atoms with E-state index in [0.29, 0.717) is 10.0 Å². The first kappa shape index (κ1) is 45.6. The number of likely N-dealkylation sites (tertiary alicyclic amines) is 2. The first-order valence-corrected chi connectivity index (χ1v) is 22.2. The Bertz CT molecular complexity index is 2390. The molecule has 18 heteroatoms. The van der Waals surface area contributed by atoms with Crippen LogP contribution in [0.15, 0.2) is 83.6 Å². The Morgan fingerprint density at radius 3 is 1.22 bits per heavy atom. The molecule has 0 unspecified atom stereocenters. The standard InChI is InChI=1S/C46H46F2N6O8S2/c1-45(2,3)61-43(59)53-21-31(19-35(53)41-51-33(23-63-41)37(55)25-11-15-29(47)16-12-25)49-39(57)27-7-9-28(10-8-27)40(58)50-32-20-36(54(22-32)44(60)62-46(4,5)6)42-52-34(24-64-42)38(56)26-13-17-30(48)18-14-26/h7-18,23-24,31-32,35-36H,19-22H2,1-6H3,(H,49,57)(H,50,58)/t31-,32-,35-,36-/m0/s1. The molecule has 4 amide bonds. The van der Waals surface area contributed by atoms with E-state index < -0.39 is 82.6 Å². The van der Waals surface area contributed by atoms with Gasteiger partial charge in [-0.25, -0.2) is 28.3 Å². The van der Waals surface area contributed by atoms with Gasteiger partial charge in [0.05, 0.1) is 12.1 Å². The summed E-state index contributed by atoms with van der Waals surface area (Å²) in [4.78, 5) is 92.3. The van der Waals surface area contributed by atoms with E-state index in [1.165, 1.54) is 105 Å². The van der Waals surface area contributed by atoms with Gasteiger partial charge in [0.1, 0.15) is 44.2 Å². The van der Waals surface area contributed by atoms with Crippen LogP contribution in [0.4, 0.5) is 18.4 Å². The minimum absolute atomic E-state index is 0.0994. The fraction of sp³-hybridized carbons (Fsp3) is 0.348. The van der Waals surface area contributed by atoms with Crippen molar-refractivity contribution < 1.29 is 47.0 Å². The quantitative estimate of drug-likeness (QED) is 0.130. The van der Waals surface area contributed by atoms with Crippen LogP contribution in [0.5, 0.6) is 0 Å². The van der Waals surface area contributed by atoms with Crippen LogP contribution in [0.25, 0.3) is 0 Å². The van der Waals surface area contributed by atoms with Gasteiger partial charge in [-0.3, -0.25) is 29.0 Å². The van der Waals surface area contributed by atoms with Gasteiger partial charge in [0.15, 0.2) is 0 Å². The molecule has 0 spiro atoms. The molecule has 2 aliphatic heterocycles. The number of carbonyl (C=O) groups is 6. The van der Waals surface area contributed by atoms with Gasteiger partial charge in [-0.2, -0.15) is 0 Å². The molecule has 2 aliphatic rings. The minimum Gasteiger partial charge on any atom is -0.444 e. The van der Waals surface area contributed by atoms with E-state index in [0.717, 1.165) is 0 Å². The minimum atomic E-state index is -0.805. The molecule has 2 N–H and O–H groups in total. The Morgan fingerprint density at radius 1 is 0.562 bits per heavy atom. The van der Waals surface area contributed by atoms with Crippen LogP contribution in [-0.2, 0) is 9.47 Å². The summed E-state index contributed by atoms with van der Waals surface area (Å²) in [5.74, 6) is -2.63. The van der Waals surface area contributed by atoms with Crippen LogP contribution in [-0.4, -0.2) is 91.7 Å². The summed E-state index contributed by atoms with van der Waals surface area (Å²) in [7, 11) is 0. The second-order valence-corrected chi connectivity index (χ2v) is 19.3. The van der Waals surface area contributed by atoms with Gasteiger partial charge in [-0.05, 0) is 127 Å². The van der Waals surface area contributed by atoms with Gasteiger partial charge in [-0.1, -0.05) is 0 Å². The highest BCUT2D eigenvalue weighted by atomic mass is 32.1. The molecule has 2 aromatic heterocycles. The van der Waals surface area contributed by atoms with Crippen LogP contribution < -0.4 is 10.6 Å². The number of nitrogens with one attached hydrogen (secondary N) is 2. The lowest BCUT2D eigenvalue weighted by Gasteiger charge is -2.27. The molecule has 14 nitrogen and oxygen atoms in total. The number of hydrogen-bond acceptors (Lipinski definition) is 12. The number of nitrogens with zero attached hydrogens (tertiary/aromatic N) is 4. The van der Waals surface area contributed by atoms with Crippen molar-refractivity contribution in [3.8, 4) is 0 Å². The highest BCUT2D eigenvalue weighted by Crippen LogP contribution is 2.37. The Balaban J connectivity index is 1.01. The number of carbonyl (C=O) groups excluding carboxylic acids is 6. The number of thiazole rings is 2. The second kappa shape index (κ2) is 18.4. The molecular formula is C46H46F2N6O8S2. The molecule has 7 rings (SSSR count). The van der Waals surface area contributed by atoms with E-state index in [2.05, 4.69) is 20.6 Å². The predicted octanol–water partition coefficient (Wildman–Crippen LogP) is 8.30. The summed E-state index contributed by atoms with van der Waals surface area (Å²) in [6.45, 7) is 10.7. The summed E-state index contributed by atoms with van der Waals surface area (Å²) in [6.07, 6.45) is -0.665. The Morgan fingerprint density at radius 2 is 0.891 bits per heavy atom. The highest BCUT2D eigenvalue weighted by Gasteiger charge is 2.42. The van der Waals surface area contributed by atoms with Gasteiger partial charge < -0.3 is 20.1 Å². The molecule has 334 valence electrons. The largest absolute Gasteiger partial charge is 0.444 e. The maximum atomic E-state index is 13.6. The molecule has 0 aliphatic carbocycles. The molecule has 2 saturated heterocycles. The third-order valence-corrected chi connectivity index (χ3v) is 12.1. The summed E-state index contributed by atoms with van der Waals surface area (Å²) < 4.78 is 38.3. The van der Waals surface area contributed by atoms with Crippen molar-refractivity contribution >= 4 is 58.2 Å². The molecule has 0 saturated carbocycles. The lowest BCUT2D eigenvalue weighted by molar-refractivity contribution is 0.0211. The summed E-state index contributed by atoms with van der Waals surface area (Å²) in [5, 5.41) is 10.1. The molecule has 4 heterocycles. The number of benzene rings is 3. The molecule has 0 bridgehead atoms. The van der Waals surface area contributed by atoms with Crippen LogP contribution in [0.3, 0.4) is 0 Å². The average molecular weight is 913 g/mol. The number of aromatic nitrogens is 2. The summed E-state index contributed by atoms with van der Waals surface area (Å²) in [6, 6.07) is 14.0. The van der Waals surface area contributed by atoms with Gasteiger partial charge >= 0.3 is 12.2 Å². The maximum absolute atomic E-state index is 13.6. The average Bonchev–Trinajstić information content (AvgIpc) is 4.06. The number of hydrogen-bond donors (Lipinski definition) is 2. The molecule has 2 fully saturated rings. The fourth-order valence-corrected chi connectivity index (χ4v) is 9.14. The van der Waals surface area contributed by atoms with E-state index in [9.17, 15) is 37.5 Å². The lowest BCUT2D eigenvalue weighted by Crippen LogP contribution is -2.41. The summed E-state index contributed by atoms with van der Waals surface area (Å²) in [5.41, 5.74) is -0.269. The van der Waals surface area contributed by atoms with Gasteiger partial charge in [0.2, 0.25) is 11.6 Å². The Kier molecular flexibility index (Phi) is 13.1. The number of rotatable bonds is 10. The van der Waals surface area contributed by atoms with Crippen LogP contribution in [0.1, 0.15) is 129 Å². The Labute approximate surface area is 376 Å². The van der Waals surface area contributed by atoms with Gasteiger partial charge in [0.25, 0.3) is 11.8 Å². The zero-order valence-corrected chi connectivity index (χ0v) is 37.5. The number of halogens is 2. The molecule has 3 aromatic carbocycles. The first-order chi connectivity index (χ1) is 30.2. The molecular weight excluding hydrogens is 867 g/mol. The van der Waals surface area contributed by atoms with E-state index in [-0.39, 0.29) is 59.6 Å². The third kappa shape index (κ3) is 10.8. The van der Waals surface area contributed by atoms with Crippen LogP contribution >= 0.6 is 22.7 Å². The maximum Gasteiger partial charge on any atom is 0.410 e. The van der Waals surface area contributed by atoms with Crippen molar-refractivity contribution in [1.29, 1.82) is 0 Å². The van der Waals surface area contributed by atoms with Crippen molar-refractivity contribution in [1.82, 2.24) is 30.4 Å². The third-order valence-electron chi connectivity index (χ3n) is 10.2. The number of ketones is 2. The smallest absolute Gasteiger partial charge is 0.410 e. The van der Waals surface area contributed by atoms with Gasteiger partial charge in [-0.15, -0.1) is 22.7 Å². The number of amides is 4.